The first-order chi connectivity index (χ1) is 11.9. The first kappa shape index (κ1) is 16.8. The van der Waals surface area contributed by atoms with Gasteiger partial charge in [-0.2, -0.15) is 5.23 Å². The highest BCUT2D eigenvalue weighted by Crippen LogP contribution is 2.27. The van der Waals surface area contributed by atoms with Crippen LogP contribution in [0.1, 0.15) is 12.5 Å². The van der Waals surface area contributed by atoms with Gasteiger partial charge < -0.3 is 14.9 Å². The Balaban J connectivity index is 2.19. The van der Waals surface area contributed by atoms with Crippen LogP contribution in [0.4, 0.5) is 11.4 Å². The molecule has 3 N–H and O–H groups in total. The van der Waals surface area contributed by atoms with E-state index in [1.165, 1.54) is 16.7 Å². The maximum atomic E-state index is 12.6. The fraction of sp³-hybridized carbons (Fsp3) is 0.111. The monoisotopic (exact) mass is 339 g/mol. The molecule has 25 heavy (non-hydrogen) atoms. The van der Waals surface area contributed by atoms with E-state index in [9.17, 15) is 15.1 Å². The number of nitrogens with zero attached hydrogens (tertiary/aromatic N) is 2. The average molecular weight is 339 g/mol. The van der Waals surface area contributed by atoms with Gasteiger partial charge in [-0.25, -0.2) is 5.21 Å². The zero-order valence-corrected chi connectivity index (χ0v) is 13.7. The summed E-state index contributed by atoms with van der Waals surface area (Å²) in [7, 11) is 1.63. The van der Waals surface area contributed by atoms with Crippen LogP contribution in [-0.2, 0) is 7.05 Å². The zero-order chi connectivity index (χ0) is 18.1. The van der Waals surface area contributed by atoms with Crippen molar-refractivity contribution >= 4 is 28.0 Å². The van der Waals surface area contributed by atoms with Crippen LogP contribution in [0.15, 0.2) is 58.3 Å². The van der Waals surface area contributed by atoms with Crippen LogP contribution in [0.25, 0.3) is 10.9 Å². The van der Waals surface area contributed by atoms with Crippen molar-refractivity contribution in [1.82, 2.24) is 4.57 Å². The van der Waals surface area contributed by atoms with Gasteiger partial charge in [0.2, 0.25) is 0 Å². The molecule has 1 aromatic heterocycles. The second kappa shape index (κ2) is 6.48. The van der Waals surface area contributed by atoms with Gasteiger partial charge in [-0.15, -0.1) is 0 Å². The molecule has 1 atom stereocenters. The Morgan fingerprint density at radius 3 is 2.64 bits per heavy atom. The molecule has 1 unspecified atom stereocenters. The molecule has 0 aliphatic heterocycles. The molecule has 128 valence electrons. The van der Waals surface area contributed by atoms with Crippen molar-refractivity contribution in [3.63, 3.8) is 0 Å². The van der Waals surface area contributed by atoms with E-state index >= 15 is 0 Å². The minimum Gasteiger partial charge on any atom is -0.595 e. The van der Waals surface area contributed by atoms with E-state index < -0.39 is 5.23 Å². The highest BCUT2D eigenvalue weighted by Gasteiger charge is 2.16. The molecule has 3 aromatic rings. The van der Waals surface area contributed by atoms with Crippen molar-refractivity contribution in [3.8, 4) is 5.75 Å². The largest absolute Gasteiger partial charge is 0.595 e. The number of aromatic hydroxyl groups is 1. The zero-order valence-electron chi connectivity index (χ0n) is 13.7. The Labute approximate surface area is 143 Å². The van der Waals surface area contributed by atoms with Crippen LogP contribution < -0.4 is 10.8 Å². The van der Waals surface area contributed by atoms with Gasteiger partial charge in [0.05, 0.1) is 16.9 Å². The number of quaternary nitrogens is 1. The summed E-state index contributed by atoms with van der Waals surface area (Å²) >= 11 is 0. The van der Waals surface area contributed by atoms with Crippen LogP contribution >= 0.6 is 0 Å². The van der Waals surface area contributed by atoms with E-state index in [2.05, 4.69) is 4.99 Å². The topological polar surface area (TPSA) is 102 Å². The second-order valence-electron chi connectivity index (χ2n) is 5.66. The summed E-state index contributed by atoms with van der Waals surface area (Å²) in [6.07, 6.45) is 0. The highest BCUT2D eigenvalue weighted by atomic mass is 16.8. The lowest BCUT2D eigenvalue weighted by Gasteiger charge is -2.13. The summed E-state index contributed by atoms with van der Waals surface area (Å²) in [5.74, 6) is -0.130. The average Bonchev–Trinajstić information content (AvgIpc) is 2.60. The third-order valence-corrected chi connectivity index (χ3v) is 4.03. The van der Waals surface area contributed by atoms with Crippen molar-refractivity contribution in [3.05, 3.63) is 69.7 Å². The van der Waals surface area contributed by atoms with Crippen molar-refractivity contribution in [2.24, 2.45) is 12.0 Å². The molecule has 0 saturated heterocycles. The molecule has 3 rings (SSSR count). The van der Waals surface area contributed by atoms with Gasteiger partial charge in [-0.3, -0.25) is 9.79 Å². The lowest BCUT2D eigenvalue weighted by molar-refractivity contribution is -0.991. The predicted molar refractivity (Wildman–Crippen MR) is 94.9 cm³/mol. The highest BCUT2D eigenvalue weighted by molar-refractivity contribution is 6.06. The molecule has 0 aliphatic carbocycles. The number of fused-ring (bicyclic) bond motifs is 1. The molecule has 7 heteroatoms. The molecule has 0 aliphatic rings. The summed E-state index contributed by atoms with van der Waals surface area (Å²) in [6, 6.07) is 13.1. The van der Waals surface area contributed by atoms with Crippen LogP contribution in [0, 0.1) is 5.21 Å². The molecule has 7 nitrogen and oxygen atoms in total. The number of aromatic nitrogens is 1. The second-order valence-corrected chi connectivity index (χ2v) is 5.66. The van der Waals surface area contributed by atoms with Crippen molar-refractivity contribution < 1.29 is 15.5 Å². The number of hydrogen-bond acceptors (Lipinski definition) is 5. The molecule has 0 saturated carbocycles. The first-order valence-electron chi connectivity index (χ1n) is 7.60. The summed E-state index contributed by atoms with van der Waals surface area (Å²) in [5.41, 5.74) is 1.16. The standard InChI is InChI=1S/C18H17N3O4/c1-11(19-12-6-5-7-13(10-12)21(24)25)16-17(22)14-8-3-4-9-15(14)20(2)18(16)23/h3-10,21-22,24H,1-2H3. The van der Waals surface area contributed by atoms with E-state index in [4.69, 9.17) is 5.21 Å². The Morgan fingerprint density at radius 1 is 1.20 bits per heavy atom. The summed E-state index contributed by atoms with van der Waals surface area (Å²) < 4.78 is 1.46. The lowest BCUT2D eigenvalue weighted by atomic mass is 10.1. The Bertz CT molecular complexity index is 1040. The van der Waals surface area contributed by atoms with Crippen LogP contribution in [0.3, 0.4) is 0 Å². The van der Waals surface area contributed by atoms with Crippen LogP contribution in [-0.4, -0.2) is 20.6 Å². The summed E-state index contributed by atoms with van der Waals surface area (Å²) in [6.45, 7) is 1.61. The normalized spacial score (nSPS) is 13.2. The van der Waals surface area contributed by atoms with E-state index in [1.807, 2.05) is 0 Å². The number of nitrogens with one attached hydrogen (secondary N) is 1. The molecule has 0 spiro atoms. The predicted octanol–water partition coefficient (Wildman–Crippen LogP) is 1.79. The van der Waals surface area contributed by atoms with Gasteiger partial charge in [-0.05, 0) is 25.1 Å². The smallest absolute Gasteiger partial charge is 0.263 e. The van der Waals surface area contributed by atoms with Crippen LogP contribution in [0.5, 0.6) is 5.75 Å². The summed E-state index contributed by atoms with van der Waals surface area (Å²) in [4.78, 5) is 17.0. The van der Waals surface area contributed by atoms with Crippen molar-refractivity contribution in [1.29, 1.82) is 0 Å². The number of aryl methyl sites for hydroxylation is 1. The van der Waals surface area contributed by atoms with Gasteiger partial charge in [0.25, 0.3) is 5.56 Å². The third kappa shape index (κ3) is 3.03. The Hall–Kier alpha value is -3.00. The third-order valence-electron chi connectivity index (χ3n) is 4.03. The molecular weight excluding hydrogens is 322 g/mol. The first-order valence-corrected chi connectivity index (χ1v) is 7.60. The molecule has 0 bridgehead atoms. The number of pyridine rings is 1. The van der Waals surface area contributed by atoms with Gasteiger partial charge in [0.15, 0.2) is 5.69 Å². The SMILES string of the molecule is CC(=Nc1cccc([NH+]([O-])O)c1)c1c(O)c2ccccc2n(C)c1=O. The van der Waals surface area contributed by atoms with E-state index in [0.29, 0.717) is 22.3 Å². The number of aliphatic imine (C=N–C) groups is 1. The number of benzene rings is 2. The van der Waals surface area contributed by atoms with Crippen molar-refractivity contribution in [2.45, 2.75) is 6.92 Å². The number of hydrogen-bond donors (Lipinski definition) is 3. The summed E-state index contributed by atoms with van der Waals surface area (Å²) in [5, 5.41) is 30.2. The fourth-order valence-electron chi connectivity index (χ4n) is 2.76. The van der Waals surface area contributed by atoms with E-state index in [1.54, 1.807) is 50.4 Å². The minimum absolute atomic E-state index is 0.0990. The van der Waals surface area contributed by atoms with Gasteiger partial charge in [0, 0.05) is 24.6 Å². The van der Waals surface area contributed by atoms with E-state index in [0.717, 1.165) is 0 Å². The minimum atomic E-state index is -1.06. The molecule has 0 fully saturated rings. The number of para-hydroxylation sites is 1. The number of rotatable bonds is 3. The maximum absolute atomic E-state index is 12.6. The Morgan fingerprint density at radius 2 is 1.92 bits per heavy atom. The van der Waals surface area contributed by atoms with Gasteiger partial charge in [-0.1, -0.05) is 18.2 Å². The molecular formula is C18H17N3O4. The van der Waals surface area contributed by atoms with Crippen LogP contribution in [0.2, 0.25) is 0 Å². The van der Waals surface area contributed by atoms with Gasteiger partial charge >= 0.3 is 0 Å². The Kier molecular flexibility index (Phi) is 4.37. The lowest BCUT2D eigenvalue weighted by Crippen LogP contribution is -2.99. The quantitative estimate of drug-likeness (QED) is 0.500. The van der Waals surface area contributed by atoms with E-state index in [-0.39, 0.29) is 22.6 Å². The molecule has 2 aromatic carbocycles. The maximum Gasteiger partial charge on any atom is 0.263 e. The molecule has 0 radical (unpaired) electrons. The van der Waals surface area contributed by atoms with Gasteiger partial charge in [0.1, 0.15) is 11.3 Å². The molecule has 0 amide bonds. The molecule has 1 heterocycles. The fourth-order valence-corrected chi connectivity index (χ4v) is 2.76. The van der Waals surface area contributed by atoms with Crippen molar-refractivity contribution in [2.75, 3.05) is 0 Å².